The Morgan fingerprint density at radius 1 is 1.47 bits per heavy atom. The monoisotopic (exact) mass is 234 g/mol. The van der Waals surface area contributed by atoms with Gasteiger partial charge in [-0.15, -0.1) is 0 Å². The van der Waals surface area contributed by atoms with Crippen LogP contribution >= 0.6 is 0 Å². The molecule has 2 aromatic rings. The van der Waals surface area contributed by atoms with Crippen LogP contribution in [-0.4, -0.2) is 9.78 Å². The van der Waals surface area contributed by atoms with E-state index in [4.69, 9.17) is 5.84 Å². The molecule has 1 heterocycles. The summed E-state index contributed by atoms with van der Waals surface area (Å²) in [6, 6.07) is 6.38. The molecule has 5 heteroatoms. The van der Waals surface area contributed by atoms with Crippen molar-refractivity contribution in [1.82, 2.24) is 15.2 Å². The number of halogens is 1. The lowest BCUT2D eigenvalue weighted by molar-refractivity contribution is 0.510. The number of nitrogens with zero attached hydrogens (tertiary/aromatic N) is 2. The number of hydrogen-bond acceptors (Lipinski definition) is 3. The number of rotatable bonds is 4. The zero-order valence-corrected chi connectivity index (χ0v) is 9.60. The fourth-order valence-corrected chi connectivity index (χ4v) is 1.83. The van der Waals surface area contributed by atoms with E-state index in [2.05, 4.69) is 10.5 Å². The van der Waals surface area contributed by atoms with Crippen LogP contribution < -0.4 is 11.3 Å². The summed E-state index contributed by atoms with van der Waals surface area (Å²) in [7, 11) is 1.84. The molecular formula is C12H15FN4. The molecule has 1 aromatic carbocycles. The summed E-state index contributed by atoms with van der Waals surface area (Å²) in [5, 5.41) is 4.07. The van der Waals surface area contributed by atoms with Crippen molar-refractivity contribution in [2.24, 2.45) is 12.9 Å². The molecule has 0 aliphatic heterocycles. The second kappa shape index (κ2) is 5.07. The second-order valence-corrected chi connectivity index (χ2v) is 3.97. The lowest BCUT2D eigenvalue weighted by Crippen LogP contribution is -2.30. The molecule has 0 radical (unpaired) electrons. The van der Waals surface area contributed by atoms with Crippen molar-refractivity contribution in [3.05, 3.63) is 53.6 Å². The van der Waals surface area contributed by atoms with E-state index < -0.39 is 0 Å². The first-order valence-electron chi connectivity index (χ1n) is 5.39. The number of hydrazine groups is 1. The van der Waals surface area contributed by atoms with E-state index in [1.165, 1.54) is 6.07 Å². The highest BCUT2D eigenvalue weighted by atomic mass is 19.1. The van der Waals surface area contributed by atoms with Crippen molar-refractivity contribution >= 4 is 0 Å². The summed E-state index contributed by atoms with van der Waals surface area (Å²) >= 11 is 0. The van der Waals surface area contributed by atoms with Gasteiger partial charge in [-0.1, -0.05) is 18.2 Å². The Labute approximate surface area is 99.2 Å². The number of nitrogens with one attached hydrogen (secondary N) is 1. The predicted octanol–water partition coefficient (Wildman–Crippen LogP) is 1.31. The van der Waals surface area contributed by atoms with Gasteiger partial charge in [0, 0.05) is 18.8 Å². The highest BCUT2D eigenvalue weighted by Gasteiger charge is 2.15. The van der Waals surface area contributed by atoms with Crippen molar-refractivity contribution in [1.29, 1.82) is 0 Å². The van der Waals surface area contributed by atoms with Gasteiger partial charge in [0.1, 0.15) is 5.82 Å². The van der Waals surface area contributed by atoms with Gasteiger partial charge in [0.15, 0.2) is 0 Å². The molecule has 1 atom stereocenters. The molecule has 0 saturated carbocycles. The topological polar surface area (TPSA) is 55.9 Å². The minimum Gasteiger partial charge on any atom is -0.276 e. The summed E-state index contributed by atoms with van der Waals surface area (Å²) in [5.41, 5.74) is 4.22. The van der Waals surface area contributed by atoms with Crippen molar-refractivity contribution in [3.63, 3.8) is 0 Å². The molecule has 17 heavy (non-hydrogen) atoms. The Balaban J connectivity index is 2.20. The normalized spacial score (nSPS) is 12.6. The average Bonchev–Trinajstić information content (AvgIpc) is 2.73. The van der Waals surface area contributed by atoms with Crippen molar-refractivity contribution in [3.8, 4) is 0 Å². The van der Waals surface area contributed by atoms with Gasteiger partial charge < -0.3 is 0 Å². The van der Waals surface area contributed by atoms with Crippen LogP contribution in [0, 0.1) is 5.82 Å². The first-order chi connectivity index (χ1) is 8.20. The largest absolute Gasteiger partial charge is 0.276 e. The third kappa shape index (κ3) is 2.69. The van der Waals surface area contributed by atoms with Crippen LogP contribution in [0.1, 0.15) is 17.2 Å². The van der Waals surface area contributed by atoms with Crippen LogP contribution in [0.15, 0.2) is 36.7 Å². The fourth-order valence-electron chi connectivity index (χ4n) is 1.83. The van der Waals surface area contributed by atoms with Gasteiger partial charge in [-0.25, -0.2) is 4.39 Å². The van der Waals surface area contributed by atoms with Gasteiger partial charge in [-0.05, 0) is 18.1 Å². The zero-order chi connectivity index (χ0) is 12.3. The third-order valence-corrected chi connectivity index (χ3v) is 2.68. The van der Waals surface area contributed by atoms with E-state index in [-0.39, 0.29) is 11.9 Å². The third-order valence-electron chi connectivity index (χ3n) is 2.68. The summed E-state index contributed by atoms with van der Waals surface area (Å²) in [6.45, 7) is 0. The number of nitrogens with two attached hydrogens (primary N) is 1. The van der Waals surface area contributed by atoms with Gasteiger partial charge >= 0.3 is 0 Å². The Morgan fingerprint density at radius 2 is 2.24 bits per heavy atom. The van der Waals surface area contributed by atoms with Crippen LogP contribution in [-0.2, 0) is 13.5 Å². The molecule has 3 N–H and O–H groups in total. The Bertz CT molecular complexity index is 495. The number of aromatic nitrogens is 2. The molecule has 0 amide bonds. The fraction of sp³-hybridized carbons (Fsp3) is 0.250. The summed E-state index contributed by atoms with van der Waals surface area (Å²) in [4.78, 5) is 0. The molecule has 1 unspecified atom stereocenters. The molecule has 1 aromatic heterocycles. The van der Waals surface area contributed by atoms with Crippen LogP contribution in [0.3, 0.4) is 0 Å². The quantitative estimate of drug-likeness (QED) is 0.619. The van der Waals surface area contributed by atoms with Crippen LogP contribution in [0.4, 0.5) is 4.39 Å². The molecule has 4 nitrogen and oxygen atoms in total. The first-order valence-corrected chi connectivity index (χ1v) is 5.39. The number of hydrogen-bond donors (Lipinski definition) is 2. The van der Waals surface area contributed by atoms with Gasteiger partial charge in [0.2, 0.25) is 0 Å². The second-order valence-electron chi connectivity index (χ2n) is 3.97. The molecule has 0 aliphatic rings. The Hall–Kier alpha value is -1.72. The van der Waals surface area contributed by atoms with Crippen molar-refractivity contribution < 1.29 is 4.39 Å². The highest BCUT2D eigenvalue weighted by Crippen LogP contribution is 2.20. The minimum absolute atomic E-state index is 0.250. The van der Waals surface area contributed by atoms with E-state index in [1.807, 2.05) is 13.2 Å². The number of benzene rings is 1. The lowest BCUT2D eigenvalue weighted by Gasteiger charge is -2.15. The molecule has 0 bridgehead atoms. The maximum Gasteiger partial charge on any atom is 0.128 e. The maximum atomic E-state index is 13.6. The Kier molecular flexibility index (Phi) is 3.51. The predicted molar refractivity (Wildman–Crippen MR) is 63.4 cm³/mol. The number of aryl methyl sites for hydroxylation is 1. The average molecular weight is 234 g/mol. The molecule has 2 rings (SSSR count). The Morgan fingerprint density at radius 3 is 2.82 bits per heavy atom. The SMILES string of the molecule is Cn1cc(CC(NN)c2ccccc2F)cn1. The minimum atomic E-state index is -0.251. The van der Waals surface area contributed by atoms with E-state index in [1.54, 1.807) is 29.1 Å². The lowest BCUT2D eigenvalue weighted by atomic mass is 10.0. The van der Waals surface area contributed by atoms with Crippen molar-refractivity contribution in [2.75, 3.05) is 0 Å². The summed E-state index contributed by atoms with van der Waals surface area (Å²) < 4.78 is 15.3. The standard InChI is InChI=1S/C12H15FN4/c1-17-8-9(7-15-17)6-12(16-14)10-4-2-3-5-11(10)13/h2-5,7-8,12,16H,6,14H2,1H3. The van der Waals surface area contributed by atoms with Crippen molar-refractivity contribution in [2.45, 2.75) is 12.5 Å². The van der Waals surface area contributed by atoms with E-state index >= 15 is 0 Å². The molecule has 0 spiro atoms. The molecule has 90 valence electrons. The van der Waals surface area contributed by atoms with Crippen LogP contribution in [0.2, 0.25) is 0 Å². The summed E-state index contributed by atoms with van der Waals surface area (Å²) in [5.74, 6) is 5.23. The van der Waals surface area contributed by atoms with Crippen LogP contribution in [0.25, 0.3) is 0 Å². The van der Waals surface area contributed by atoms with E-state index in [0.717, 1.165) is 5.56 Å². The highest BCUT2D eigenvalue weighted by molar-refractivity contribution is 5.23. The van der Waals surface area contributed by atoms with Gasteiger partial charge in [0.25, 0.3) is 0 Å². The van der Waals surface area contributed by atoms with E-state index in [9.17, 15) is 4.39 Å². The van der Waals surface area contributed by atoms with Gasteiger partial charge in [-0.2, -0.15) is 5.10 Å². The maximum absolute atomic E-state index is 13.6. The smallest absolute Gasteiger partial charge is 0.128 e. The van der Waals surface area contributed by atoms with E-state index in [0.29, 0.717) is 12.0 Å². The molecule has 0 aliphatic carbocycles. The van der Waals surface area contributed by atoms with Gasteiger partial charge in [-0.3, -0.25) is 16.0 Å². The first kappa shape index (κ1) is 11.8. The zero-order valence-electron chi connectivity index (χ0n) is 9.60. The molecule has 0 fully saturated rings. The molecule has 0 saturated heterocycles. The van der Waals surface area contributed by atoms with Gasteiger partial charge in [0.05, 0.1) is 12.2 Å². The summed E-state index contributed by atoms with van der Waals surface area (Å²) in [6.07, 6.45) is 4.25. The van der Waals surface area contributed by atoms with Crippen LogP contribution in [0.5, 0.6) is 0 Å². The molecular weight excluding hydrogens is 219 g/mol.